The zero-order valence-electron chi connectivity index (χ0n) is 10.3. The minimum Gasteiger partial charge on any atom is -0.307 e. The highest BCUT2D eigenvalue weighted by molar-refractivity contribution is 9.08. The maximum Gasteiger partial charge on any atom is 0.167 e. The van der Waals surface area contributed by atoms with E-state index in [4.69, 9.17) is 0 Å². The first kappa shape index (κ1) is 12.7. The minimum absolute atomic E-state index is 0.311. The Morgan fingerprint density at radius 1 is 1.26 bits per heavy atom. The van der Waals surface area contributed by atoms with E-state index in [9.17, 15) is 8.78 Å². The molecule has 3 rings (SSSR count). The van der Waals surface area contributed by atoms with Gasteiger partial charge in [-0.25, -0.2) is 8.78 Å². The zero-order valence-corrected chi connectivity index (χ0v) is 11.9. The maximum atomic E-state index is 14.0. The van der Waals surface area contributed by atoms with Crippen molar-refractivity contribution in [3.05, 3.63) is 35.2 Å². The molecule has 2 aromatic rings. The smallest absolute Gasteiger partial charge is 0.167 e. The third-order valence-corrected chi connectivity index (χ3v) is 3.79. The topological polar surface area (TPSA) is 30.7 Å². The minimum atomic E-state index is -0.599. The van der Waals surface area contributed by atoms with Gasteiger partial charge in [0.1, 0.15) is 17.5 Å². The molecular formula is C13H12BrF2N3. The Hall–Kier alpha value is -1.30. The van der Waals surface area contributed by atoms with E-state index in [2.05, 4.69) is 26.1 Å². The Bertz CT molecular complexity index is 635. The van der Waals surface area contributed by atoms with E-state index in [1.54, 1.807) is 6.92 Å². The monoisotopic (exact) mass is 327 g/mol. The van der Waals surface area contributed by atoms with E-state index in [-0.39, 0.29) is 0 Å². The molecule has 19 heavy (non-hydrogen) atoms. The second kappa shape index (κ2) is 4.67. The van der Waals surface area contributed by atoms with Crippen LogP contribution in [0.3, 0.4) is 0 Å². The van der Waals surface area contributed by atoms with Gasteiger partial charge in [-0.3, -0.25) is 0 Å². The van der Waals surface area contributed by atoms with E-state index in [1.165, 1.54) is 6.07 Å². The first-order valence-electron chi connectivity index (χ1n) is 6.07. The fourth-order valence-electron chi connectivity index (χ4n) is 2.14. The number of alkyl halides is 1. The average molecular weight is 328 g/mol. The quantitative estimate of drug-likeness (QED) is 0.803. The lowest BCUT2D eigenvalue weighted by molar-refractivity contribution is 0.577. The van der Waals surface area contributed by atoms with Gasteiger partial charge in [0, 0.05) is 12.1 Å². The molecule has 0 spiro atoms. The second-order valence-electron chi connectivity index (χ2n) is 4.76. The molecule has 1 aliphatic carbocycles. The van der Waals surface area contributed by atoms with E-state index in [1.807, 2.05) is 4.57 Å². The molecule has 0 unspecified atom stereocenters. The van der Waals surface area contributed by atoms with E-state index < -0.39 is 11.6 Å². The summed E-state index contributed by atoms with van der Waals surface area (Å²) < 4.78 is 29.2. The van der Waals surface area contributed by atoms with Crippen LogP contribution in [0.1, 0.15) is 30.3 Å². The Balaban J connectivity index is 2.17. The maximum absolute atomic E-state index is 14.0. The summed E-state index contributed by atoms with van der Waals surface area (Å²) in [6, 6.07) is 2.73. The summed E-state index contributed by atoms with van der Waals surface area (Å²) in [5.74, 6) is 0.120. The van der Waals surface area contributed by atoms with Crippen molar-refractivity contribution in [1.29, 1.82) is 0 Å². The highest BCUT2D eigenvalue weighted by Gasteiger charge is 2.30. The summed E-state index contributed by atoms with van der Waals surface area (Å²) in [7, 11) is 0. The molecule has 1 saturated carbocycles. The van der Waals surface area contributed by atoms with Crippen molar-refractivity contribution >= 4 is 15.9 Å². The van der Waals surface area contributed by atoms with Crippen molar-refractivity contribution in [2.45, 2.75) is 31.1 Å². The van der Waals surface area contributed by atoms with Crippen LogP contribution in [0.5, 0.6) is 0 Å². The summed E-state index contributed by atoms with van der Waals surface area (Å²) in [6.45, 7) is 1.61. The summed E-state index contributed by atoms with van der Waals surface area (Å²) in [4.78, 5) is 0. The van der Waals surface area contributed by atoms with Gasteiger partial charge in [0.2, 0.25) is 0 Å². The van der Waals surface area contributed by atoms with Crippen LogP contribution in [0.15, 0.2) is 12.1 Å². The van der Waals surface area contributed by atoms with E-state index >= 15 is 0 Å². The predicted octanol–water partition coefficient (Wildman–Crippen LogP) is 3.76. The third kappa shape index (κ3) is 2.18. The lowest BCUT2D eigenvalue weighted by Gasteiger charge is -2.09. The molecule has 6 heteroatoms. The average Bonchev–Trinajstić information content (AvgIpc) is 3.13. The number of benzene rings is 1. The number of halogens is 3. The Kier molecular flexibility index (Phi) is 3.12. The van der Waals surface area contributed by atoms with Gasteiger partial charge < -0.3 is 4.57 Å². The lowest BCUT2D eigenvalue weighted by Crippen LogP contribution is -2.03. The van der Waals surface area contributed by atoms with Gasteiger partial charge in [-0.2, -0.15) is 0 Å². The number of nitrogens with zero attached hydrogens (tertiary/aromatic N) is 3. The highest BCUT2D eigenvalue weighted by atomic mass is 79.9. The molecule has 3 nitrogen and oxygen atoms in total. The summed E-state index contributed by atoms with van der Waals surface area (Å²) >= 11 is 3.36. The fraction of sp³-hybridized carbons (Fsp3) is 0.385. The Morgan fingerprint density at radius 3 is 2.63 bits per heavy atom. The van der Waals surface area contributed by atoms with Gasteiger partial charge in [-0.15, -0.1) is 10.2 Å². The molecule has 1 aliphatic rings. The van der Waals surface area contributed by atoms with Crippen LogP contribution in [0, 0.1) is 18.6 Å². The largest absolute Gasteiger partial charge is 0.307 e. The number of aryl methyl sites for hydroxylation is 1. The number of hydrogen-bond donors (Lipinski definition) is 0. The van der Waals surface area contributed by atoms with Gasteiger partial charge in [0.05, 0.1) is 10.9 Å². The van der Waals surface area contributed by atoms with Crippen molar-refractivity contribution in [2.75, 3.05) is 0 Å². The number of rotatable bonds is 3. The second-order valence-corrected chi connectivity index (χ2v) is 5.32. The van der Waals surface area contributed by atoms with Crippen LogP contribution in [0.4, 0.5) is 8.78 Å². The van der Waals surface area contributed by atoms with Gasteiger partial charge in [-0.05, 0) is 31.4 Å². The van der Waals surface area contributed by atoms with Crippen molar-refractivity contribution in [3.8, 4) is 11.4 Å². The van der Waals surface area contributed by atoms with Crippen LogP contribution in [-0.2, 0) is 5.33 Å². The number of aromatic nitrogens is 3. The summed E-state index contributed by atoms with van der Waals surface area (Å²) in [6.07, 6.45) is 2.10. The highest BCUT2D eigenvalue weighted by Crippen LogP contribution is 2.39. The zero-order chi connectivity index (χ0) is 13.6. The number of hydrogen-bond acceptors (Lipinski definition) is 2. The molecule has 0 aliphatic heterocycles. The summed E-state index contributed by atoms with van der Waals surface area (Å²) in [5, 5.41) is 8.71. The molecule has 1 heterocycles. The molecule has 0 saturated heterocycles. The Morgan fingerprint density at radius 2 is 2.00 bits per heavy atom. The fourth-order valence-corrected chi connectivity index (χ4v) is 2.53. The molecule has 0 amide bonds. The first-order chi connectivity index (χ1) is 9.11. The van der Waals surface area contributed by atoms with E-state index in [0.29, 0.717) is 28.3 Å². The Labute approximate surface area is 117 Å². The van der Waals surface area contributed by atoms with Gasteiger partial charge in [0.15, 0.2) is 5.82 Å². The van der Waals surface area contributed by atoms with Gasteiger partial charge in [0.25, 0.3) is 0 Å². The SMILES string of the molecule is Cc1cc(-c2nnc(CBr)n2C2CC2)c(F)cc1F. The van der Waals surface area contributed by atoms with Gasteiger partial charge in [-0.1, -0.05) is 15.9 Å². The summed E-state index contributed by atoms with van der Waals surface area (Å²) in [5.41, 5.74) is 0.715. The lowest BCUT2D eigenvalue weighted by atomic mass is 10.1. The predicted molar refractivity (Wildman–Crippen MR) is 71.0 cm³/mol. The normalized spacial score (nSPS) is 14.9. The molecule has 0 atom stereocenters. The van der Waals surface area contributed by atoms with Crippen molar-refractivity contribution in [2.24, 2.45) is 0 Å². The molecule has 0 radical (unpaired) electrons. The van der Waals surface area contributed by atoms with Crippen LogP contribution in [0.25, 0.3) is 11.4 Å². The standard InChI is InChI=1S/C13H12BrF2N3/c1-7-4-9(11(16)5-10(7)15)13-18-17-12(6-14)19(13)8-2-3-8/h4-5,8H,2-3,6H2,1H3. The molecule has 0 N–H and O–H groups in total. The van der Waals surface area contributed by atoms with Gasteiger partial charge >= 0.3 is 0 Å². The van der Waals surface area contributed by atoms with Crippen molar-refractivity contribution in [1.82, 2.24) is 14.8 Å². The van der Waals surface area contributed by atoms with Crippen LogP contribution in [-0.4, -0.2) is 14.8 Å². The molecule has 100 valence electrons. The van der Waals surface area contributed by atoms with Crippen molar-refractivity contribution < 1.29 is 8.78 Å². The van der Waals surface area contributed by atoms with Crippen LogP contribution >= 0.6 is 15.9 Å². The third-order valence-electron chi connectivity index (χ3n) is 3.29. The molecule has 1 aromatic carbocycles. The molecule has 1 fully saturated rings. The molecular weight excluding hydrogens is 316 g/mol. The molecule has 0 bridgehead atoms. The van der Waals surface area contributed by atoms with Crippen LogP contribution < -0.4 is 0 Å². The van der Waals surface area contributed by atoms with E-state index in [0.717, 1.165) is 24.7 Å². The first-order valence-corrected chi connectivity index (χ1v) is 7.19. The van der Waals surface area contributed by atoms with Crippen molar-refractivity contribution in [3.63, 3.8) is 0 Å². The van der Waals surface area contributed by atoms with Crippen LogP contribution in [0.2, 0.25) is 0 Å². The molecule has 1 aromatic heterocycles.